The highest BCUT2D eigenvalue weighted by molar-refractivity contribution is 5.28. The maximum atomic E-state index is 5.79. The van der Waals surface area contributed by atoms with Gasteiger partial charge in [0.2, 0.25) is 0 Å². The normalized spacial score (nSPS) is 10.0. The maximum absolute atomic E-state index is 5.79. The second kappa shape index (κ2) is 5.92. The summed E-state index contributed by atoms with van der Waals surface area (Å²) in [6.45, 7) is 0. The molecule has 2 heteroatoms. The molecule has 2 aromatic carbocycles. The van der Waals surface area contributed by atoms with Crippen LogP contribution in [0.3, 0.4) is 0 Å². The van der Waals surface area contributed by atoms with E-state index in [2.05, 4.69) is 24.3 Å². The summed E-state index contributed by atoms with van der Waals surface area (Å²) >= 11 is 0. The Labute approximate surface area is 108 Å². The second-order valence-electron chi connectivity index (χ2n) is 4.38. The van der Waals surface area contributed by atoms with Crippen LogP contribution < -0.4 is 11.5 Å². The molecule has 0 fully saturated rings. The molecule has 92 valence electrons. The van der Waals surface area contributed by atoms with Gasteiger partial charge < -0.3 is 11.5 Å². The van der Waals surface area contributed by atoms with Gasteiger partial charge in [0, 0.05) is 0 Å². The molecule has 2 rings (SSSR count). The summed E-state index contributed by atoms with van der Waals surface area (Å²) in [6.07, 6.45) is 1.61. The summed E-state index contributed by atoms with van der Waals surface area (Å²) in [5.41, 5.74) is 15.1. The van der Waals surface area contributed by atoms with E-state index in [9.17, 15) is 0 Å². The zero-order valence-electron chi connectivity index (χ0n) is 10.3. The first kappa shape index (κ1) is 12.2. The van der Waals surface area contributed by atoms with Crippen LogP contribution >= 0.6 is 0 Å². The summed E-state index contributed by atoms with van der Waals surface area (Å²) in [5, 5.41) is 0. The van der Waals surface area contributed by atoms with Crippen LogP contribution in [-0.4, -0.2) is 0 Å². The van der Waals surface area contributed by atoms with Gasteiger partial charge in [-0.05, 0) is 29.5 Å². The number of rotatable bonds is 4. The fourth-order valence-corrected chi connectivity index (χ4v) is 1.95. The summed E-state index contributed by atoms with van der Waals surface area (Å²) in [4.78, 5) is 0. The first-order valence-corrected chi connectivity index (χ1v) is 6.06. The highest BCUT2D eigenvalue weighted by Crippen LogP contribution is 2.14. The molecule has 0 aliphatic heterocycles. The standard InChI is InChI=1S/C16H18N2/c17-16(18)15(11-13-7-3-1-4-8-13)12-14-9-5-2-6-10-14/h1-10H,11-12,17-18H2. The predicted molar refractivity (Wildman–Crippen MR) is 75.7 cm³/mol. The smallest absolute Gasteiger partial charge is 0.0932 e. The van der Waals surface area contributed by atoms with Crippen LogP contribution in [0.4, 0.5) is 0 Å². The largest absolute Gasteiger partial charge is 0.386 e. The van der Waals surface area contributed by atoms with Crippen LogP contribution in [-0.2, 0) is 12.8 Å². The molecule has 0 unspecified atom stereocenters. The average Bonchev–Trinajstić information content (AvgIpc) is 2.40. The van der Waals surface area contributed by atoms with Gasteiger partial charge in [0.25, 0.3) is 0 Å². The minimum atomic E-state index is 0.433. The molecule has 0 aliphatic rings. The van der Waals surface area contributed by atoms with Gasteiger partial charge in [-0.1, -0.05) is 60.7 Å². The van der Waals surface area contributed by atoms with E-state index < -0.39 is 0 Å². The van der Waals surface area contributed by atoms with Gasteiger partial charge in [-0.3, -0.25) is 0 Å². The van der Waals surface area contributed by atoms with E-state index in [1.807, 2.05) is 36.4 Å². The third kappa shape index (κ3) is 3.39. The van der Waals surface area contributed by atoms with E-state index in [0.29, 0.717) is 5.82 Å². The molecule has 2 nitrogen and oxygen atoms in total. The quantitative estimate of drug-likeness (QED) is 0.860. The molecule has 0 saturated carbocycles. The topological polar surface area (TPSA) is 52.0 Å². The lowest BCUT2D eigenvalue weighted by atomic mass is 9.98. The monoisotopic (exact) mass is 238 g/mol. The highest BCUT2D eigenvalue weighted by Gasteiger charge is 2.04. The third-order valence-corrected chi connectivity index (χ3v) is 2.93. The molecule has 0 bridgehead atoms. The van der Waals surface area contributed by atoms with Crippen LogP contribution in [0.1, 0.15) is 11.1 Å². The molecule has 4 N–H and O–H groups in total. The van der Waals surface area contributed by atoms with Gasteiger partial charge in [-0.25, -0.2) is 0 Å². The summed E-state index contributed by atoms with van der Waals surface area (Å²) in [7, 11) is 0. The van der Waals surface area contributed by atoms with Gasteiger partial charge in [0.05, 0.1) is 5.82 Å². The molecule has 0 saturated heterocycles. The van der Waals surface area contributed by atoms with Crippen molar-refractivity contribution in [3.05, 3.63) is 83.2 Å². The molecule has 0 heterocycles. The molecule has 0 aromatic heterocycles. The van der Waals surface area contributed by atoms with Crippen molar-refractivity contribution in [3.63, 3.8) is 0 Å². The maximum Gasteiger partial charge on any atom is 0.0932 e. The van der Waals surface area contributed by atoms with Crippen LogP contribution in [0.5, 0.6) is 0 Å². The Balaban J connectivity index is 2.14. The summed E-state index contributed by atoms with van der Waals surface area (Å²) in [6, 6.07) is 20.5. The van der Waals surface area contributed by atoms with Gasteiger partial charge in [-0.2, -0.15) is 0 Å². The Hall–Kier alpha value is -2.22. The van der Waals surface area contributed by atoms with Crippen LogP contribution in [0.25, 0.3) is 0 Å². The Kier molecular flexibility index (Phi) is 4.02. The molecule has 0 radical (unpaired) electrons. The second-order valence-corrected chi connectivity index (χ2v) is 4.38. The predicted octanol–water partition coefficient (Wildman–Crippen LogP) is 2.60. The van der Waals surface area contributed by atoms with Crippen molar-refractivity contribution >= 4 is 0 Å². The van der Waals surface area contributed by atoms with E-state index in [0.717, 1.165) is 18.4 Å². The van der Waals surface area contributed by atoms with E-state index >= 15 is 0 Å². The zero-order valence-corrected chi connectivity index (χ0v) is 10.3. The lowest BCUT2D eigenvalue weighted by molar-refractivity contribution is 0.973. The van der Waals surface area contributed by atoms with Crippen molar-refractivity contribution in [1.29, 1.82) is 0 Å². The van der Waals surface area contributed by atoms with Crippen molar-refractivity contribution in [1.82, 2.24) is 0 Å². The lowest BCUT2D eigenvalue weighted by Gasteiger charge is -2.10. The van der Waals surface area contributed by atoms with E-state index in [1.54, 1.807) is 0 Å². The molecular formula is C16H18N2. The van der Waals surface area contributed by atoms with E-state index in [1.165, 1.54) is 11.1 Å². The molecular weight excluding hydrogens is 220 g/mol. The highest BCUT2D eigenvalue weighted by atomic mass is 14.8. The molecule has 0 atom stereocenters. The van der Waals surface area contributed by atoms with Crippen molar-refractivity contribution < 1.29 is 0 Å². The van der Waals surface area contributed by atoms with Crippen molar-refractivity contribution in [2.75, 3.05) is 0 Å². The Morgan fingerprint density at radius 1 is 0.667 bits per heavy atom. The Morgan fingerprint density at radius 3 is 1.39 bits per heavy atom. The first-order chi connectivity index (χ1) is 8.75. The molecule has 0 spiro atoms. The van der Waals surface area contributed by atoms with Crippen LogP contribution in [0, 0.1) is 0 Å². The minimum absolute atomic E-state index is 0.433. The molecule has 0 amide bonds. The van der Waals surface area contributed by atoms with Gasteiger partial charge in [0.1, 0.15) is 0 Å². The van der Waals surface area contributed by atoms with Crippen molar-refractivity contribution in [2.45, 2.75) is 12.8 Å². The lowest BCUT2D eigenvalue weighted by Crippen LogP contribution is -2.15. The third-order valence-electron chi connectivity index (χ3n) is 2.93. The number of hydrogen-bond donors (Lipinski definition) is 2. The molecule has 2 aromatic rings. The first-order valence-electron chi connectivity index (χ1n) is 6.06. The Morgan fingerprint density at radius 2 is 1.06 bits per heavy atom. The SMILES string of the molecule is NC(N)=C(Cc1ccccc1)Cc1ccccc1. The number of nitrogens with two attached hydrogens (primary N) is 2. The van der Waals surface area contributed by atoms with Gasteiger partial charge in [-0.15, -0.1) is 0 Å². The minimum Gasteiger partial charge on any atom is -0.386 e. The fraction of sp³-hybridized carbons (Fsp3) is 0.125. The summed E-state index contributed by atoms with van der Waals surface area (Å²) in [5.74, 6) is 0.433. The van der Waals surface area contributed by atoms with Crippen LogP contribution in [0.15, 0.2) is 72.1 Å². The number of benzene rings is 2. The van der Waals surface area contributed by atoms with Crippen LogP contribution in [0.2, 0.25) is 0 Å². The average molecular weight is 238 g/mol. The van der Waals surface area contributed by atoms with Gasteiger partial charge >= 0.3 is 0 Å². The zero-order chi connectivity index (χ0) is 12.8. The molecule has 18 heavy (non-hydrogen) atoms. The summed E-state index contributed by atoms with van der Waals surface area (Å²) < 4.78 is 0. The number of hydrogen-bond acceptors (Lipinski definition) is 2. The number of allylic oxidation sites excluding steroid dienone is 1. The van der Waals surface area contributed by atoms with Gasteiger partial charge in [0.15, 0.2) is 0 Å². The molecule has 0 aliphatic carbocycles. The van der Waals surface area contributed by atoms with E-state index in [4.69, 9.17) is 11.5 Å². The fourth-order valence-electron chi connectivity index (χ4n) is 1.95. The van der Waals surface area contributed by atoms with Crippen molar-refractivity contribution in [3.8, 4) is 0 Å². The van der Waals surface area contributed by atoms with Crippen molar-refractivity contribution in [2.24, 2.45) is 11.5 Å². The Bertz CT molecular complexity index is 468. The van der Waals surface area contributed by atoms with E-state index in [-0.39, 0.29) is 0 Å².